The number of rotatable bonds is 6. The minimum absolute atomic E-state index is 0.00199. The maximum absolute atomic E-state index is 12.4. The van der Waals surface area contributed by atoms with Gasteiger partial charge in [0.25, 0.3) is 0 Å². The zero-order valence-corrected chi connectivity index (χ0v) is 12.9. The molecule has 0 aromatic heterocycles. The van der Waals surface area contributed by atoms with Crippen LogP contribution in [0.25, 0.3) is 0 Å². The van der Waals surface area contributed by atoms with E-state index in [1.54, 1.807) is 6.07 Å². The largest absolute Gasteiger partial charge is 0.504 e. The number of benzene rings is 1. The van der Waals surface area contributed by atoms with Crippen LogP contribution in [-0.4, -0.2) is 40.0 Å². The van der Waals surface area contributed by atoms with Crippen LogP contribution in [0, 0.1) is 5.92 Å². The quantitative estimate of drug-likeness (QED) is 0.624. The maximum Gasteiger partial charge on any atom is 0.176 e. The standard InChI is InChI=1S/C17H25NO3/c1-12(2)10-18(14-5-3-4-6-14)11-17(21)13-7-8-15(19)16(20)9-13/h7-9,12,14,19-20H,3-6,10-11H2,1-2H3. The van der Waals surface area contributed by atoms with E-state index in [-0.39, 0.29) is 17.3 Å². The molecule has 2 N–H and O–H groups in total. The summed E-state index contributed by atoms with van der Waals surface area (Å²) in [4.78, 5) is 14.7. The van der Waals surface area contributed by atoms with Crippen molar-refractivity contribution in [2.24, 2.45) is 5.92 Å². The number of carbonyl (C=O) groups excluding carboxylic acids is 1. The molecule has 1 aliphatic rings. The summed E-state index contributed by atoms with van der Waals surface area (Å²) in [6.45, 7) is 5.63. The summed E-state index contributed by atoms with van der Waals surface area (Å²) >= 11 is 0. The van der Waals surface area contributed by atoms with Gasteiger partial charge in [-0.1, -0.05) is 26.7 Å². The first-order chi connectivity index (χ1) is 9.97. The molecule has 0 spiro atoms. The zero-order chi connectivity index (χ0) is 15.4. The van der Waals surface area contributed by atoms with Crippen LogP contribution in [0.15, 0.2) is 18.2 Å². The van der Waals surface area contributed by atoms with Crippen LogP contribution in [0.2, 0.25) is 0 Å². The summed E-state index contributed by atoms with van der Waals surface area (Å²) in [6, 6.07) is 4.78. The number of hydrogen-bond acceptors (Lipinski definition) is 4. The second-order valence-corrected chi connectivity index (χ2v) is 6.39. The van der Waals surface area contributed by atoms with Crippen LogP contribution in [-0.2, 0) is 0 Å². The molecule has 0 unspecified atom stereocenters. The second-order valence-electron chi connectivity index (χ2n) is 6.39. The third-order valence-corrected chi connectivity index (χ3v) is 4.08. The van der Waals surface area contributed by atoms with E-state index in [0.29, 0.717) is 24.1 Å². The molecule has 0 bridgehead atoms. The molecule has 0 radical (unpaired) electrons. The molecule has 1 fully saturated rings. The number of ketones is 1. The van der Waals surface area contributed by atoms with Gasteiger partial charge in [0.05, 0.1) is 6.54 Å². The van der Waals surface area contributed by atoms with Gasteiger partial charge in [-0.05, 0) is 37.0 Å². The SMILES string of the molecule is CC(C)CN(CC(=O)c1ccc(O)c(O)c1)C1CCCC1. The summed E-state index contributed by atoms with van der Waals surface area (Å²) < 4.78 is 0. The molecule has 1 aliphatic carbocycles. The van der Waals surface area contributed by atoms with Gasteiger partial charge in [-0.3, -0.25) is 9.69 Å². The Morgan fingerprint density at radius 3 is 2.48 bits per heavy atom. The Balaban J connectivity index is 2.07. The lowest BCUT2D eigenvalue weighted by Crippen LogP contribution is -2.40. The first kappa shape index (κ1) is 15.8. The van der Waals surface area contributed by atoms with Crippen LogP contribution < -0.4 is 0 Å². The number of nitrogens with zero attached hydrogens (tertiary/aromatic N) is 1. The lowest BCUT2D eigenvalue weighted by molar-refractivity contribution is 0.0876. The van der Waals surface area contributed by atoms with E-state index < -0.39 is 0 Å². The fourth-order valence-corrected chi connectivity index (χ4v) is 3.05. The van der Waals surface area contributed by atoms with E-state index in [9.17, 15) is 15.0 Å². The summed E-state index contributed by atoms with van der Waals surface area (Å²) in [5, 5.41) is 18.9. The Morgan fingerprint density at radius 1 is 1.24 bits per heavy atom. The number of aromatic hydroxyl groups is 2. The Bertz CT molecular complexity index is 493. The van der Waals surface area contributed by atoms with E-state index in [4.69, 9.17) is 0 Å². The van der Waals surface area contributed by atoms with E-state index >= 15 is 0 Å². The highest BCUT2D eigenvalue weighted by molar-refractivity contribution is 5.98. The normalized spacial score (nSPS) is 16.0. The van der Waals surface area contributed by atoms with Crippen LogP contribution >= 0.6 is 0 Å². The first-order valence-electron chi connectivity index (χ1n) is 7.76. The topological polar surface area (TPSA) is 60.8 Å². The van der Waals surface area contributed by atoms with Gasteiger partial charge >= 0.3 is 0 Å². The molecule has 1 aromatic carbocycles. The van der Waals surface area contributed by atoms with Crippen molar-refractivity contribution in [3.05, 3.63) is 23.8 Å². The average molecular weight is 291 g/mol. The summed E-state index contributed by atoms with van der Waals surface area (Å²) in [7, 11) is 0. The van der Waals surface area contributed by atoms with E-state index in [1.807, 2.05) is 0 Å². The number of hydrogen-bond donors (Lipinski definition) is 2. The Hall–Kier alpha value is -1.55. The van der Waals surface area contributed by atoms with Gasteiger partial charge in [-0.15, -0.1) is 0 Å². The van der Waals surface area contributed by atoms with Crippen LogP contribution in [0.5, 0.6) is 11.5 Å². The first-order valence-corrected chi connectivity index (χ1v) is 7.76. The highest BCUT2D eigenvalue weighted by atomic mass is 16.3. The average Bonchev–Trinajstić information content (AvgIpc) is 2.94. The minimum Gasteiger partial charge on any atom is -0.504 e. The number of carbonyl (C=O) groups is 1. The van der Waals surface area contributed by atoms with Gasteiger partial charge in [0.15, 0.2) is 17.3 Å². The molecule has 1 saturated carbocycles. The van der Waals surface area contributed by atoms with Crippen molar-refractivity contribution >= 4 is 5.78 Å². The smallest absolute Gasteiger partial charge is 0.176 e. The van der Waals surface area contributed by atoms with E-state index in [1.165, 1.54) is 37.8 Å². The molecular formula is C17H25NO3. The third kappa shape index (κ3) is 4.21. The molecule has 0 aliphatic heterocycles. The molecule has 0 amide bonds. The van der Waals surface area contributed by atoms with Crippen LogP contribution in [0.4, 0.5) is 0 Å². The number of phenolic OH excluding ortho intramolecular Hbond substituents is 2. The fourth-order valence-electron chi connectivity index (χ4n) is 3.05. The van der Waals surface area contributed by atoms with Gasteiger partial charge < -0.3 is 10.2 Å². The third-order valence-electron chi connectivity index (χ3n) is 4.08. The van der Waals surface area contributed by atoms with Crippen LogP contribution in [0.1, 0.15) is 49.9 Å². The molecule has 4 nitrogen and oxygen atoms in total. The van der Waals surface area contributed by atoms with Crippen molar-refractivity contribution in [1.29, 1.82) is 0 Å². The van der Waals surface area contributed by atoms with Crippen molar-refractivity contribution in [3.8, 4) is 11.5 Å². The molecular weight excluding hydrogens is 266 g/mol. The number of phenols is 2. The molecule has 0 heterocycles. The maximum atomic E-state index is 12.4. The minimum atomic E-state index is -0.239. The van der Waals surface area contributed by atoms with E-state index in [2.05, 4.69) is 18.7 Å². The second kappa shape index (κ2) is 6.94. The summed E-state index contributed by atoms with van der Waals surface area (Å²) in [5.74, 6) is 0.0861. The van der Waals surface area contributed by atoms with Crippen molar-refractivity contribution in [3.63, 3.8) is 0 Å². The lowest BCUT2D eigenvalue weighted by Gasteiger charge is -2.29. The lowest BCUT2D eigenvalue weighted by atomic mass is 10.1. The fraction of sp³-hybridized carbons (Fsp3) is 0.588. The Morgan fingerprint density at radius 2 is 1.90 bits per heavy atom. The molecule has 1 aromatic rings. The van der Waals surface area contributed by atoms with Gasteiger partial charge in [0.1, 0.15) is 0 Å². The molecule has 4 heteroatoms. The zero-order valence-electron chi connectivity index (χ0n) is 12.9. The predicted octanol–water partition coefficient (Wildman–Crippen LogP) is 3.18. The van der Waals surface area contributed by atoms with E-state index in [0.717, 1.165) is 6.54 Å². The van der Waals surface area contributed by atoms with Gasteiger partial charge in [0.2, 0.25) is 0 Å². The van der Waals surface area contributed by atoms with Crippen LogP contribution in [0.3, 0.4) is 0 Å². The molecule has 21 heavy (non-hydrogen) atoms. The molecule has 0 saturated heterocycles. The number of Topliss-reactive ketones (excluding diaryl/α,β-unsaturated/α-hetero) is 1. The van der Waals surface area contributed by atoms with Crippen molar-refractivity contribution in [2.75, 3.05) is 13.1 Å². The monoisotopic (exact) mass is 291 g/mol. The van der Waals surface area contributed by atoms with Gasteiger partial charge in [-0.2, -0.15) is 0 Å². The molecule has 116 valence electrons. The van der Waals surface area contributed by atoms with Crippen molar-refractivity contribution in [2.45, 2.75) is 45.6 Å². The highest BCUT2D eigenvalue weighted by Crippen LogP contribution is 2.27. The summed E-state index contributed by atoms with van der Waals surface area (Å²) in [6.07, 6.45) is 4.82. The Kier molecular flexibility index (Phi) is 5.23. The van der Waals surface area contributed by atoms with Crippen molar-refractivity contribution < 1.29 is 15.0 Å². The van der Waals surface area contributed by atoms with Gasteiger partial charge in [-0.25, -0.2) is 0 Å². The Labute approximate surface area is 126 Å². The molecule has 0 atom stereocenters. The summed E-state index contributed by atoms with van der Waals surface area (Å²) in [5.41, 5.74) is 0.456. The highest BCUT2D eigenvalue weighted by Gasteiger charge is 2.25. The van der Waals surface area contributed by atoms with Crippen molar-refractivity contribution in [1.82, 2.24) is 4.90 Å². The van der Waals surface area contributed by atoms with Gasteiger partial charge in [0, 0.05) is 18.2 Å². The predicted molar refractivity (Wildman–Crippen MR) is 82.8 cm³/mol. The molecule has 2 rings (SSSR count).